The van der Waals surface area contributed by atoms with Crippen molar-refractivity contribution in [2.45, 2.75) is 20.3 Å². The Hall–Kier alpha value is 0.0800. The maximum atomic E-state index is 10.9. The first-order valence-electron chi connectivity index (χ1n) is 2.67. The fourth-order valence-corrected chi connectivity index (χ4v) is 0. The first-order valence-corrected chi connectivity index (χ1v) is 3.79. The average molecular weight is 201 g/mol. The molecule has 9 heavy (non-hydrogen) atoms. The van der Waals surface area contributed by atoms with Gasteiger partial charge in [-0.3, -0.25) is 0 Å². The highest BCUT2D eigenvalue weighted by Crippen LogP contribution is 1.89. The van der Waals surface area contributed by atoms with Crippen LogP contribution in [-0.4, -0.2) is 5.33 Å². The Kier molecular flexibility index (Phi) is 14.4. The molecule has 0 saturated carbocycles. The van der Waals surface area contributed by atoms with Crippen molar-refractivity contribution < 1.29 is 8.78 Å². The van der Waals surface area contributed by atoms with Crippen molar-refractivity contribution in [1.29, 1.82) is 0 Å². The molecule has 0 nitrogen and oxygen atoms in total. The summed E-state index contributed by atoms with van der Waals surface area (Å²) in [5, 5.41) is 1.13. The fourth-order valence-electron chi connectivity index (χ4n) is 0. The molecule has 0 bridgehead atoms. The lowest BCUT2D eigenvalue weighted by atomic mass is 10.6. The maximum absolute atomic E-state index is 10.9. The van der Waals surface area contributed by atoms with Gasteiger partial charge in [0.2, 0.25) is 0 Å². The molecular formula is C6H11BrF2. The monoisotopic (exact) mass is 200 g/mol. The van der Waals surface area contributed by atoms with E-state index in [4.69, 9.17) is 0 Å². The van der Waals surface area contributed by atoms with Crippen LogP contribution in [0.1, 0.15) is 20.3 Å². The van der Waals surface area contributed by atoms with E-state index in [0.29, 0.717) is 0 Å². The summed E-state index contributed by atoms with van der Waals surface area (Å²) in [6.07, 6.45) is 1.15. The van der Waals surface area contributed by atoms with E-state index in [1.54, 1.807) is 0 Å². The van der Waals surface area contributed by atoms with Gasteiger partial charge in [-0.05, 0) is 13.3 Å². The van der Waals surface area contributed by atoms with Gasteiger partial charge in [0.1, 0.15) is 12.2 Å². The molecule has 0 rings (SSSR count). The highest BCUT2D eigenvalue weighted by molar-refractivity contribution is 9.09. The molecule has 0 spiro atoms. The van der Waals surface area contributed by atoms with Crippen LogP contribution >= 0.6 is 15.9 Å². The Labute approximate surface area is 63.1 Å². The van der Waals surface area contributed by atoms with Gasteiger partial charge >= 0.3 is 0 Å². The van der Waals surface area contributed by atoms with Crippen LogP contribution in [0.25, 0.3) is 0 Å². The van der Waals surface area contributed by atoms with Gasteiger partial charge in [0, 0.05) is 5.33 Å². The number of hydrogen-bond acceptors (Lipinski definition) is 0. The minimum atomic E-state index is -0.787. The number of alkyl halides is 1. The smallest absolute Gasteiger partial charge is 0.125 e. The normalized spacial score (nSPS) is 10.1. The van der Waals surface area contributed by atoms with E-state index >= 15 is 0 Å². The van der Waals surface area contributed by atoms with E-state index in [1.807, 2.05) is 0 Å². The lowest BCUT2D eigenvalue weighted by Crippen LogP contribution is -1.54. The number of allylic oxidation sites excluding steroid dienone is 1. The first kappa shape index (κ1) is 11.8. The third-order valence-electron chi connectivity index (χ3n) is 0.339. The Bertz CT molecular complexity index is 65.5. The third kappa shape index (κ3) is 31.5. The topological polar surface area (TPSA) is 0 Å². The molecule has 0 aromatic rings. The summed E-state index contributed by atoms with van der Waals surface area (Å²) >= 11 is 3.25. The summed E-state index contributed by atoms with van der Waals surface area (Å²) < 4.78 is 21.5. The van der Waals surface area contributed by atoms with E-state index < -0.39 is 5.83 Å². The van der Waals surface area contributed by atoms with Crippen LogP contribution < -0.4 is 0 Å². The van der Waals surface area contributed by atoms with Gasteiger partial charge in [-0.2, -0.15) is 0 Å². The van der Waals surface area contributed by atoms with Crippen molar-refractivity contribution in [2.75, 3.05) is 5.33 Å². The minimum Gasteiger partial charge on any atom is -0.213 e. The summed E-state index contributed by atoms with van der Waals surface area (Å²) in [7, 11) is 0. The van der Waals surface area contributed by atoms with Crippen molar-refractivity contribution in [1.82, 2.24) is 0 Å². The largest absolute Gasteiger partial charge is 0.213 e. The Morgan fingerprint density at radius 1 is 1.67 bits per heavy atom. The molecular weight excluding hydrogens is 190 g/mol. The highest BCUT2D eigenvalue weighted by Gasteiger charge is 1.70. The molecule has 0 aliphatic rings. The molecule has 0 N–H and O–H groups in total. The van der Waals surface area contributed by atoms with Gasteiger partial charge in [-0.1, -0.05) is 22.9 Å². The molecule has 0 aliphatic carbocycles. The van der Waals surface area contributed by atoms with Gasteiger partial charge in [0.15, 0.2) is 0 Å². The quantitative estimate of drug-likeness (QED) is 0.568. The van der Waals surface area contributed by atoms with Crippen molar-refractivity contribution in [3.8, 4) is 0 Å². The third-order valence-corrected chi connectivity index (χ3v) is 1.13. The second kappa shape index (κ2) is 11.0. The number of rotatable bonds is 1. The molecule has 0 aromatic heterocycles. The zero-order chi connectivity index (χ0) is 7.70. The summed E-state index contributed by atoms with van der Waals surface area (Å²) in [5.74, 6) is -0.787. The molecule has 3 heteroatoms. The van der Waals surface area contributed by atoms with E-state index in [2.05, 4.69) is 22.9 Å². The Balaban J connectivity index is 0. The molecule has 0 heterocycles. The molecule has 0 atom stereocenters. The fraction of sp³-hybridized carbons (Fsp3) is 0.667. The van der Waals surface area contributed by atoms with Crippen molar-refractivity contribution in [3.05, 3.63) is 12.2 Å². The zero-order valence-corrected chi connectivity index (χ0v) is 7.21. The van der Waals surface area contributed by atoms with Crippen LogP contribution in [0, 0.1) is 0 Å². The molecule has 0 amide bonds. The van der Waals surface area contributed by atoms with Crippen LogP contribution in [-0.2, 0) is 0 Å². The first-order chi connectivity index (χ1) is 4.18. The minimum absolute atomic E-state index is 0.0833. The van der Waals surface area contributed by atoms with E-state index in [-0.39, 0.29) is 6.33 Å². The number of hydrogen-bond donors (Lipinski definition) is 0. The van der Waals surface area contributed by atoms with E-state index in [9.17, 15) is 8.78 Å². The van der Waals surface area contributed by atoms with Crippen LogP contribution in [0.4, 0.5) is 8.78 Å². The molecule has 0 saturated heterocycles. The van der Waals surface area contributed by atoms with Gasteiger partial charge in [-0.15, -0.1) is 0 Å². The SMILES string of the molecule is C/C(F)=C\F.CCCBr. The summed E-state index contributed by atoms with van der Waals surface area (Å²) in [5.41, 5.74) is 0. The zero-order valence-electron chi connectivity index (χ0n) is 5.63. The lowest BCUT2D eigenvalue weighted by Gasteiger charge is -1.66. The second-order valence-electron chi connectivity index (χ2n) is 1.38. The summed E-state index contributed by atoms with van der Waals surface area (Å²) in [6.45, 7) is 3.18. The second-order valence-corrected chi connectivity index (χ2v) is 2.18. The van der Waals surface area contributed by atoms with Crippen LogP contribution in [0.15, 0.2) is 12.2 Å². The van der Waals surface area contributed by atoms with Crippen molar-refractivity contribution >= 4 is 15.9 Å². The van der Waals surface area contributed by atoms with Crippen LogP contribution in [0.2, 0.25) is 0 Å². The van der Waals surface area contributed by atoms with Crippen LogP contribution in [0.3, 0.4) is 0 Å². The lowest BCUT2D eigenvalue weighted by molar-refractivity contribution is 0.586. The summed E-state index contributed by atoms with van der Waals surface area (Å²) in [6, 6.07) is 0. The molecule has 0 fully saturated rings. The van der Waals surface area contributed by atoms with Gasteiger partial charge in [0.25, 0.3) is 0 Å². The number of halogens is 3. The Morgan fingerprint density at radius 2 is 1.89 bits per heavy atom. The standard InChI is InChI=1S/C3H7Br.C3H4F2/c1-2-3-4;1-3(5)2-4/h2-3H2,1H3;2H,1H3/b;3-2+. The predicted molar refractivity (Wildman–Crippen MR) is 40.1 cm³/mol. The van der Waals surface area contributed by atoms with Crippen molar-refractivity contribution in [2.24, 2.45) is 0 Å². The van der Waals surface area contributed by atoms with Gasteiger partial charge in [-0.25, -0.2) is 8.78 Å². The molecule has 0 radical (unpaired) electrons. The van der Waals surface area contributed by atoms with Crippen LogP contribution in [0.5, 0.6) is 0 Å². The highest BCUT2D eigenvalue weighted by atomic mass is 79.9. The maximum Gasteiger partial charge on any atom is 0.125 e. The summed E-state index contributed by atoms with van der Waals surface area (Å²) in [4.78, 5) is 0. The molecule has 56 valence electrons. The Morgan fingerprint density at radius 3 is 1.89 bits per heavy atom. The average Bonchev–Trinajstić information content (AvgIpc) is 1.89. The van der Waals surface area contributed by atoms with E-state index in [1.165, 1.54) is 6.42 Å². The van der Waals surface area contributed by atoms with Crippen molar-refractivity contribution in [3.63, 3.8) is 0 Å². The molecule has 0 aromatic carbocycles. The van der Waals surface area contributed by atoms with Gasteiger partial charge in [0.05, 0.1) is 0 Å². The molecule has 0 unspecified atom stereocenters. The van der Waals surface area contributed by atoms with Gasteiger partial charge < -0.3 is 0 Å². The van der Waals surface area contributed by atoms with E-state index in [0.717, 1.165) is 12.3 Å². The predicted octanol–water partition coefficient (Wildman–Crippen LogP) is 3.58. The molecule has 0 aliphatic heterocycles.